The molecule has 0 aromatic rings. The van der Waals surface area contributed by atoms with Gasteiger partial charge >= 0.3 is 0 Å². The summed E-state index contributed by atoms with van der Waals surface area (Å²) < 4.78 is 0. The highest BCUT2D eigenvalue weighted by Gasteiger charge is 2.66. The molecule has 1 saturated heterocycles. The topological polar surface area (TPSA) is 101 Å². The number of rotatable bonds is 4. The molecule has 1 amide bonds. The van der Waals surface area contributed by atoms with Crippen LogP contribution in [0.5, 0.6) is 0 Å². The van der Waals surface area contributed by atoms with Gasteiger partial charge in [0.05, 0.1) is 0 Å². The summed E-state index contributed by atoms with van der Waals surface area (Å²) in [4.78, 5) is 52.8. The number of carbonyl (C=O) groups is 4. The Hall–Kier alpha value is -2.08. The van der Waals surface area contributed by atoms with Crippen LogP contribution in [0.25, 0.3) is 0 Å². The predicted octanol–water partition coefficient (Wildman–Crippen LogP) is 3.18. The van der Waals surface area contributed by atoms with E-state index in [-0.39, 0.29) is 54.6 Å². The van der Waals surface area contributed by atoms with Crippen LogP contribution in [0.15, 0.2) is 23.8 Å². The Morgan fingerprint density at radius 1 is 1.28 bits per heavy atom. The molecule has 0 aromatic heterocycles. The van der Waals surface area contributed by atoms with Crippen LogP contribution in [-0.4, -0.2) is 40.5 Å². The van der Waals surface area contributed by atoms with Crippen molar-refractivity contribution in [2.45, 2.75) is 78.9 Å². The Bertz CT molecular complexity index is 856. The van der Waals surface area contributed by atoms with Gasteiger partial charge in [0.2, 0.25) is 5.91 Å². The SMILES string of the molecule is CC(=O)C[C@@H]1CC(=O)[C@H](O)CC/C=C/[C@H]2C=C(C)[C@@H](C)[C@H]3[C@H](CC(C)C)NC(=O)[C@]32C1=O. The maximum absolute atomic E-state index is 14.3. The third kappa shape index (κ3) is 4.26. The van der Waals surface area contributed by atoms with Gasteiger partial charge in [-0.2, -0.15) is 0 Å². The van der Waals surface area contributed by atoms with Gasteiger partial charge in [-0.1, -0.05) is 44.6 Å². The molecule has 6 nitrogen and oxygen atoms in total. The molecule has 1 heterocycles. The Labute approximate surface area is 190 Å². The summed E-state index contributed by atoms with van der Waals surface area (Å²) in [6.45, 7) is 9.72. The van der Waals surface area contributed by atoms with Crippen molar-refractivity contribution in [3.05, 3.63) is 23.8 Å². The number of Topliss-reactive ketones (excluding diaryl/α,β-unsaturated/α-hetero) is 3. The van der Waals surface area contributed by atoms with Crippen molar-refractivity contribution in [3.63, 3.8) is 0 Å². The van der Waals surface area contributed by atoms with E-state index in [4.69, 9.17) is 0 Å². The minimum absolute atomic E-state index is 0.00991. The number of aliphatic hydroxyl groups is 1. The van der Waals surface area contributed by atoms with Crippen molar-refractivity contribution in [1.82, 2.24) is 5.32 Å². The van der Waals surface area contributed by atoms with Crippen molar-refractivity contribution in [3.8, 4) is 0 Å². The zero-order valence-corrected chi connectivity index (χ0v) is 19.9. The first-order chi connectivity index (χ1) is 15.0. The lowest BCUT2D eigenvalue weighted by molar-refractivity contribution is -0.150. The molecular weight excluding hydrogens is 406 g/mol. The lowest BCUT2D eigenvalue weighted by Gasteiger charge is -2.46. The quantitative estimate of drug-likeness (QED) is 0.513. The lowest BCUT2D eigenvalue weighted by Crippen LogP contribution is -2.54. The Kier molecular flexibility index (Phi) is 7.23. The fourth-order valence-corrected chi connectivity index (χ4v) is 6.15. The van der Waals surface area contributed by atoms with Gasteiger partial charge in [0.15, 0.2) is 11.6 Å². The fourth-order valence-electron chi connectivity index (χ4n) is 6.15. The zero-order chi connectivity index (χ0) is 23.8. The maximum Gasteiger partial charge on any atom is 0.235 e. The summed E-state index contributed by atoms with van der Waals surface area (Å²) in [5, 5.41) is 13.4. The monoisotopic (exact) mass is 443 g/mol. The van der Waals surface area contributed by atoms with Crippen molar-refractivity contribution in [1.29, 1.82) is 0 Å². The summed E-state index contributed by atoms with van der Waals surface area (Å²) in [5.74, 6) is -2.49. The number of hydrogen-bond acceptors (Lipinski definition) is 5. The van der Waals surface area contributed by atoms with Crippen LogP contribution in [0, 0.1) is 35.0 Å². The molecule has 2 aliphatic carbocycles. The van der Waals surface area contributed by atoms with E-state index in [2.05, 4.69) is 26.1 Å². The van der Waals surface area contributed by atoms with Crippen molar-refractivity contribution >= 4 is 23.3 Å². The highest BCUT2D eigenvalue weighted by molar-refractivity contribution is 6.11. The smallest absolute Gasteiger partial charge is 0.235 e. The lowest BCUT2D eigenvalue weighted by atomic mass is 9.53. The van der Waals surface area contributed by atoms with Crippen molar-refractivity contribution in [2.24, 2.45) is 35.0 Å². The highest BCUT2D eigenvalue weighted by atomic mass is 16.3. The van der Waals surface area contributed by atoms with Crippen LogP contribution >= 0.6 is 0 Å². The van der Waals surface area contributed by atoms with E-state index in [1.165, 1.54) is 6.92 Å². The highest BCUT2D eigenvalue weighted by Crippen LogP contribution is 2.56. The van der Waals surface area contributed by atoms with Crippen molar-refractivity contribution < 1.29 is 24.3 Å². The Morgan fingerprint density at radius 3 is 2.59 bits per heavy atom. The summed E-state index contributed by atoms with van der Waals surface area (Å²) in [6, 6.07) is -0.148. The molecule has 3 aliphatic rings. The molecule has 1 fully saturated rings. The summed E-state index contributed by atoms with van der Waals surface area (Å²) >= 11 is 0. The van der Waals surface area contributed by atoms with Crippen LogP contribution in [0.2, 0.25) is 0 Å². The van der Waals surface area contributed by atoms with Gasteiger partial charge in [-0.3, -0.25) is 14.4 Å². The molecule has 1 aliphatic heterocycles. The number of carbonyl (C=O) groups excluding carboxylic acids is 4. The fraction of sp³-hybridized carbons (Fsp3) is 0.692. The first-order valence-electron chi connectivity index (χ1n) is 11.9. The molecule has 2 N–H and O–H groups in total. The average Bonchev–Trinajstić information content (AvgIpc) is 2.98. The average molecular weight is 444 g/mol. The molecule has 6 heteroatoms. The molecule has 176 valence electrons. The third-order valence-corrected chi connectivity index (χ3v) is 7.68. The summed E-state index contributed by atoms with van der Waals surface area (Å²) in [7, 11) is 0. The first-order valence-corrected chi connectivity index (χ1v) is 11.9. The minimum atomic E-state index is -1.34. The van der Waals surface area contributed by atoms with Gasteiger partial charge in [0.25, 0.3) is 0 Å². The van der Waals surface area contributed by atoms with Gasteiger partial charge in [0, 0.05) is 36.6 Å². The molecule has 32 heavy (non-hydrogen) atoms. The van der Waals surface area contributed by atoms with Gasteiger partial charge in [-0.05, 0) is 44.9 Å². The summed E-state index contributed by atoms with van der Waals surface area (Å²) in [5.41, 5.74) is -0.197. The van der Waals surface area contributed by atoms with Gasteiger partial charge in [0.1, 0.15) is 17.3 Å². The molecule has 0 unspecified atom stereocenters. The largest absolute Gasteiger partial charge is 0.385 e. The van der Waals surface area contributed by atoms with Gasteiger partial charge < -0.3 is 15.2 Å². The molecule has 0 aromatic carbocycles. The predicted molar refractivity (Wildman–Crippen MR) is 122 cm³/mol. The van der Waals surface area contributed by atoms with E-state index in [1.807, 2.05) is 25.2 Å². The van der Waals surface area contributed by atoms with Crippen LogP contribution in [0.4, 0.5) is 0 Å². The van der Waals surface area contributed by atoms with Gasteiger partial charge in [-0.15, -0.1) is 0 Å². The van der Waals surface area contributed by atoms with E-state index in [1.54, 1.807) is 0 Å². The molecule has 7 atom stereocenters. The first kappa shape index (κ1) is 24.6. The number of ketones is 3. The van der Waals surface area contributed by atoms with Crippen LogP contribution in [-0.2, 0) is 19.2 Å². The number of amides is 1. The molecule has 1 spiro atoms. The molecule has 0 saturated carbocycles. The van der Waals surface area contributed by atoms with Crippen LogP contribution in [0.3, 0.4) is 0 Å². The van der Waals surface area contributed by atoms with E-state index in [0.29, 0.717) is 12.3 Å². The summed E-state index contributed by atoms with van der Waals surface area (Å²) in [6.07, 6.45) is 5.84. The Balaban J connectivity index is 2.21. The van der Waals surface area contributed by atoms with Crippen LogP contribution in [0.1, 0.15) is 66.7 Å². The second kappa shape index (κ2) is 9.42. The van der Waals surface area contributed by atoms with E-state index >= 15 is 0 Å². The number of allylic oxidation sites excluding steroid dienone is 4. The third-order valence-electron chi connectivity index (χ3n) is 7.68. The Morgan fingerprint density at radius 2 is 1.97 bits per heavy atom. The van der Waals surface area contributed by atoms with Gasteiger partial charge in [-0.25, -0.2) is 0 Å². The van der Waals surface area contributed by atoms with E-state index in [9.17, 15) is 24.3 Å². The maximum atomic E-state index is 14.3. The normalized spacial score (nSPS) is 39.0. The van der Waals surface area contributed by atoms with Crippen molar-refractivity contribution in [2.75, 3.05) is 0 Å². The number of aliphatic hydroxyl groups excluding tert-OH is 1. The molecule has 0 bridgehead atoms. The molecular formula is C26H37NO5. The second-order valence-electron chi connectivity index (χ2n) is 10.5. The van der Waals surface area contributed by atoms with E-state index in [0.717, 1.165) is 12.0 Å². The minimum Gasteiger partial charge on any atom is -0.385 e. The number of nitrogens with one attached hydrogen (secondary N) is 1. The van der Waals surface area contributed by atoms with Crippen LogP contribution < -0.4 is 5.32 Å². The standard InChI is InChI=1S/C26H37NO5/c1-14(2)10-20-23-17(5)15(3)11-19-8-6-7-9-21(29)22(30)13-18(12-16(4)28)24(31)26(19,23)25(32)27-20/h6,8,11,14,17-21,23,29H,7,9-10,12-13H2,1-5H3,(H,27,32)/b8-6+/t17-,18-,19+,20+,21-,23+,26+/m1/s1. The zero-order valence-electron chi connectivity index (χ0n) is 19.9. The van der Waals surface area contributed by atoms with E-state index < -0.39 is 29.1 Å². The number of hydrogen-bond donors (Lipinski definition) is 2. The second-order valence-corrected chi connectivity index (χ2v) is 10.5. The molecule has 0 radical (unpaired) electrons. The molecule has 3 rings (SSSR count).